The third kappa shape index (κ3) is 2.69. The van der Waals surface area contributed by atoms with Crippen molar-refractivity contribution < 1.29 is 9.32 Å². The molecule has 0 saturated carbocycles. The van der Waals surface area contributed by atoms with Gasteiger partial charge in [0, 0.05) is 18.5 Å². The maximum Gasteiger partial charge on any atom is 0.273 e. The van der Waals surface area contributed by atoms with Crippen LogP contribution in [0.3, 0.4) is 0 Å². The molecule has 2 rings (SSSR count). The second-order valence-electron chi connectivity index (χ2n) is 3.80. The van der Waals surface area contributed by atoms with Crippen LogP contribution in [0.1, 0.15) is 34.8 Å². The van der Waals surface area contributed by atoms with Crippen LogP contribution in [-0.4, -0.2) is 16.0 Å². The minimum Gasteiger partial charge on any atom is -0.361 e. The van der Waals surface area contributed by atoms with Gasteiger partial charge < -0.3 is 9.84 Å². The fourth-order valence-electron chi connectivity index (χ4n) is 1.46. The standard InChI is InChI=1S/C12H13N3O2/c1-8-6-11(15-17-8)12(16)14-9(2)10-4-3-5-13-7-10/h3-7,9H,1-2H3,(H,14,16). The molecule has 1 atom stereocenters. The van der Waals surface area contributed by atoms with E-state index in [9.17, 15) is 4.79 Å². The van der Waals surface area contributed by atoms with Gasteiger partial charge in [-0.2, -0.15) is 0 Å². The SMILES string of the molecule is Cc1cc(C(=O)NC(C)c2cccnc2)no1. The average Bonchev–Trinajstić information content (AvgIpc) is 2.77. The Balaban J connectivity index is 2.04. The summed E-state index contributed by atoms with van der Waals surface area (Å²) in [6, 6.07) is 5.23. The number of amides is 1. The molecule has 88 valence electrons. The number of hydrogen-bond donors (Lipinski definition) is 1. The van der Waals surface area contributed by atoms with Crippen molar-refractivity contribution in [1.29, 1.82) is 0 Å². The van der Waals surface area contributed by atoms with Crippen molar-refractivity contribution in [3.05, 3.63) is 47.6 Å². The molecule has 2 heterocycles. The molecule has 5 heteroatoms. The summed E-state index contributed by atoms with van der Waals surface area (Å²) in [6.07, 6.45) is 3.41. The number of nitrogens with zero attached hydrogens (tertiary/aromatic N) is 2. The minimum atomic E-state index is -0.252. The fraction of sp³-hybridized carbons (Fsp3) is 0.250. The molecule has 2 aromatic heterocycles. The maximum atomic E-state index is 11.8. The van der Waals surface area contributed by atoms with Gasteiger partial charge in [-0.3, -0.25) is 9.78 Å². The summed E-state index contributed by atoms with van der Waals surface area (Å²) < 4.78 is 4.85. The number of hydrogen-bond acceptors (Lipinski definition) is 4. The van der Waals surface area contributed by atoms with E-state index in [1.807, 2.05) is 19.1 Å². The number of carbonyl (C=O) groups excluding carboxylic acids is 1. The van der Waals surface area contributed by atoms with Gasteiger partial charge >= 0.3 is 0 Å². The Bertz CT molecular complexity index is 507. The minimum absolute atomic E-state index is 0.117. The summed E-state index contributed by atoms with van der Waals surface area (Å²) in [5, 5.41) is 6.48. The van der Waals surface area contributed by atoms with Crippen LogP contribution in [0.25, 0.3) is 0 Å². The Labute approximate surface area is 98.8 Å². The number of nitrogens with one attached hydrogen (secondary N) is 1. The lowest BCUT2D eigenvalue weighted by Crippen LogP contribution is -2.26. The van der Waals surface area contributed by atoms with E-state index in [-0.39, 0.29) is 11.9 Å². The summed E-state index contributed by atoms with van der Waals surface area (Å²) in [5.41, 5.74) is 1.24. The smallest absolute Gasteiger partial charge is 0.273 e. The molecule has 0 radical (unpaired) electrons. The highest BCUT2D eigenvalue weighted by Crippen LogP contribution is 2.11. The van der Waals surface area contributed by atoms with Crippen LogP contribution in [0.2, 0.25) is 0 Å². The first-order valence-electron chi connectivity index (χ1n) is 5.31. The van der Waals surface area contributed by atoms with Crippen molar-refractivity contribution in [2.24, 2.45) is 0 Å². The van der Waals surface area contributed by atoms with Crippen molar-refractivity contribution in [3.63, 3.8) is 0 Å². The molecule has 1 amide bonds. The van der Waals surface area contributed by atoms with Crippen LogP contribution in [0.15, 0.2) is 35.1 Å². The molecule has 2 aromatic rings. The molecule has 0 bridgehead atoms. The van der Waals surface area contributed by atoms with Gasteiger partial charge in [-0.1, -0.05) is 11.2 Å². The summed E-state index contributed by atoms with van der Waals surface area (Å²) in [7, 11) is 0. The van der Waals surface area contributed by atoms with Gasteiger partial charge in [0.15, 0.2) is 5.69 Å². The van der Waals surface area contributed by atoms with Crippen molar-refractivity contribution >= 4 is 5.91 Å². The van der Waals surface area contributed by atoms with Crippen LogP contribution in [0.5, 0.6) is 0 Å². The van der Waals surface area contributed by atoms with E-state index in [1.165, 1.54) is 0 Å². The lowest BCUT2D eigenvalue weighted by molar-refractivity contribution is 0.0930. The summed E-state index contributed by atoms with van der Waals surface area (Å²) in [4.78, 5) is 15.8. The van der Waals surface area contributed by atoms with E-state index in [4.69, 9.17) is 4.52 Å². The average molecular weight is 231 g/mol. The Hall–Kier alpha value is -2.17. The molecular weight excluding hydrogens is 218 g/mol. The summed E-state index contributed by atoms with van der Waals surface area (Å²) in [6.45, 7) is 3.64. The molecule has 0 aromatic carbocycles. The summed E-state index contributed by atoms with van der Waals surface area (Å²) >= 11 is 0. The van der Waals surface area contributed by atoms with Gasteiger partial charge in [0.05, 0.1) is 6.04 Å². The van der Waals surface area contributed by atoms with Gasteiger partial charge in [0.1, 0.15) is 5.76 Å². The fourth-order valence-corrected chi connectivity index (χ4v) is 1.46. The third-order valence-corrected chi connectivity index (χ3v) is 2.39. The van der Waals surface area contributed by atoms with Crippen LogP contribution >= 0.6 is 0 Å². The van der Waals surface area contributed by atoms with Gasteiger partial charge in [0.2, 0.25) is 0 Å². The van der Waals surface area contributed by atoms with Gasteiger partial charge in [-0.25, -0.2) is 0 Å². The molecule has 0 aliphatic heterocycles. The molecule has 5 nitrogen and oxygen atoms in total. The molecule has 1 unspecified atom stereocenters. The number of aryl methyl sites for hydroxylation is 1. The molecule has 17 heavy (non-hydrogen) atoms. The molecule has 1 N–H and O–H groups in total. The lowest BCUT2D eigenvalue weighted by Gasteiger charge is -2.12. The van der Waals surface area contributed by atoms with Gasteiger partial charge in [-0.15, -0.1) is 0 Å². The van der Waals surface area contributed by atoms with Crippen LogP contribution in [0.4, 0.5) is 0 Å². The van der Waals surface area contributed by atoms with Crippen molar-refractivity contribution in [1.82, 2.24) is 15.5 Å². The highest BCUT2D eigenvalue weighted by Gasteiger charge is 2.14. The molecule has 0 aliphatic rings. The first-order chi connectivity index (χ1) is 8.16. The highest BCUT2D eigenvalue weighted by molar-refractivity contribution is 5.92. The topological polar surface area (TPSA) is 68.0 Å². The second kappa shape index (κ2) is 4.78. The number of aromatic nitrogens is 2. The molecule has 0 fully saturated rings. The zero-order valence-electron chi connectivity index (χ0n) is 9.68. The lowest BCUT2D eigenvalue weighted by atomic mass is 10.1. The first kappa shape index (κ1) is 11.3. The molecule has 0 spiro atoms. The molecular formula is C12H13N3O2. The predicted octanol–water partition coefficient (Wildman–Crippen LogP) is 1.87. The second-order valence-corrected chi connectivity index (χ2v) is 3.80. The van der Waals surface area contributed by atoms with Crippen molar-refractivity contribution in [2.75, 3.05) is 0 Å². The normalized spacial score (nSPS) is 12.1. The molecule has 0 aliphatic carbocycles. The largest absolute Gasteiger partial charge is 0.361 e. The van der Waals surface area contributed by atoms with E-state index in [2.05, 4.69) is 15.5 Å². The first-order valence-corrected chi connectivity index (χ1v) is 5.31. The highest BCUT2D eigenvalue weighted by atomic mass is 16.5. The van der Waals surface area contributed by atoms with Crippen molar-refractivity contribution in [2.45, 2.75) is 19.9 Å². The number of carbonyl (C=O) groups is 1. The summed E-state index contributed by atoms with van der Waals surface area (Å²) in [5.74, 6) is 0.363. The van der Waals surface area contributed by atoms with Crippen LogP contribution in [0, 0.1) is 6.92 Å². The number of pyridine rings is 1. The van der Waals surface area contributed by atoms with E-state index in [0.717, 1.165) is 5.56 Å². The monoisotopic (exact) mass is 231 g/mol. The van der Waals surface area contributed by atoms with E-state index in [0.29, 0.717) is 11.5 Å². The van der Waals surface area contributed by atoms with Crippen molar-refractivity contribution in [3.8, 4) is 0 Å². The number of rotatable bonds is 3. The van der Waals surface area contributed by atoms with Gasteiger partial charge in [0.25, 0.3) is 5.91 Å². The Kier molecular flexibility index (Phi) is 3.18. The Morgan fingerprint density at radius 2 is 2.35 bits per heavy atom. The third-order valence-electron chi connectivity index (χ3n) is 2.39. The zero-order chi connectivity index (χ0) is 12.3. The predicted molar refractivity (Wildman–Crippen MR) is 61.4 cm³/mol. The van der Waals surface area contributed by atoms with E-state index < -0.39 is 0 Å². The van der Waals surface area contributed by atoms with Gasteiger partial charge in [-0.05, 0) is 25.5 Å². The zero-order valence-corrected chi connectivity index (χ0v) is 9.68. The molecule has 0 saturated heterocycles. The maximum absolute atomic E-state index is 11.8. The van der Waals surface area contributed by atoms with E-state index >= 15 is 0 Å². The van der Waals surface area contributed by atoms with E-state index in [1.54, 1.807) is 25.4 Å². The Morgan fingerprint density at radius 3 is 2.94 bits per heavy atom. The van der Waals surface area contributed by atoms with Crippen LogP contribution < -0.4 is 5.32 Å². The quantitative estimate of drug-likeness (QED) is 0.875. The Morgan fingerprint density at radius 1 is 1.53 bits per heavy atom. The van der Waals surface area contributed by atoms with Crippen LogP contribution in [-0.2, 0) is 0 Å².